The van der Waals surface area contributed by atoms with Crippen LogP contribution in [0.4, 0.5) is 0 Å². The van der Waals surface area contributed by atoms with E-state index >= 15 is 0 Å². The van der Waals surface area contributed by atoms with Crippen LogP contribution in [0.3, 0.4) is 0 Å². The normalized spacial score (nSPS) is 15.4. The summed E-state index contributed by atoms with van der Waals surface area (Å²) in [5.74, 6) is -0.554. The van der Waals surface area contributed by atoms with E-state index in [1.807, 2.05) is 0 Å². The van der Waals surface area contributed by atoms with Crippen LogP contribution in [-0.2, 0) is 9.59 Å². The van der Waals surface area contributed by atoms with Crippen molar-refractivity contribution in [3.05, 3.63) is 0 Å². The Morgan fingerprint density at radius 3 is 1.29 bits per heavy atom. The number of carbonyl (C=O) groups is 2. The second-order valence-electron chi connectivity index (χ2n) is 7.12. The van der Waals surface area contributed by atoms with Crippen molar-refractivity contribution < 1.29 is 9.59 Å². The third-order valence-corrected chi connectivity index (χ3v) is 4.96. The SMILES string of the molecule is CCCCCCCCN1CCN(CCCCCCCC)C(=O)C1=O. The van der Waals surface area contributed by atoms with Gasteiger partial charge in [0.2, 0.25) is 0 Å². The number of hydrogen-bond donors (Lipinski definition) is 0. The van der Waals surface area contributed by atoms with Gasteiger partial charge in [-0.15, -0.1) is 0 Å². The highest BCUT2D eigenvalue weighted by molar-refractivity contribution is 6.35. The lowest BCUT2D eigenvalue weighted by atomic mass is 10.1. The van der Waals surface area contributed by atoms with Gasteiger partial charge in [-0.3, -0.25) is 9.59 Å². The minimum absolute atomic E-state index is 0.277. The zero-order valence-electron chi connectivity index (χ0n) is 16.0. The molecule has 0 saturated carbocycles. The Bertz CT molecular complexity index is 324. The molecule has 0 aromatic carbocycles. The van der Waals surface area contributed by atoms with Gasteiger partial charge in [0.15, 0.2) is 0 Å². The molecule has 1 saturated heterocycles. The smallest absolute Gasteiger partial charge is 0.312 e. The van der Waals surface area contributed by atoms with Crippen LogP contribution in [0.15, 0.2) is 0 Å². The number of hydrogen-bond acceptors (Lipinski definition) is 2. The summed E-state index contributed by atoms with van der Waals surface area (Å²) < 4.78 is 0. The monoisotopic (exact) mass is 338 g/mol. The van der Waals surface area contributed by atoms with Crippen molar-refractivity contribution in [3.8, 4) is 0 Å². The Balaban J connectivity index is 2.15. The van der Waals surface area contributed by atoms with Crippen LogP contribution in [0.25, 0.3) is 0 Å². The van der Waals surface area contributed by atoms with Crippen molar-refractivity contribution in [2.45, 2.75) is 90.9 Å². The van der Waals surface area contributed by atoms with Gasteiger partial charge in [0, 0.05) is 26.2 Å². The molecule has 2 amide bonds. The molecule has 1 aliphatic heterocycles. The molecule has 140 valence electrons. The van der Waals surface area contributed by atoms with Gasteiger partial charge in [-0.25, -0.2) is 0 Å². The third kappa shape index (κ3) is 8.16. The second kappa shape index (κ2) is 13.3. The minimum Gasteiger partial charge on any atom is -0.333 e. The Morgan fingerprint density at radius 1 is 0.583 bits per heavy atom. The van der Waals surface area contributed by atoms with E-state index in [-0.39, 0.29) is 11.8 Å². The van der Waals surface area contributed by atoms with E-state index in [0.29, 0.717) is 0 Å². The van der Waals surface area contributed by atoms with Crippen LogP contribution in [0.2, 0.25) is 0 Å². The summed E-state index contributed by atoms with van der Waals surface area (Å²) in [4.78, 5) is 27.9. The van der Waals surface area contributed by atoms with E-state index in [4.69, 9.17) is 0 Å². The lowest BCUT2D eigenvalue weighted by molar-refractivity contribution is -0.156. The van der Waals surface area contributed by atoms with Crippen molar-refractivity contribution in [3.63, 3.8) is 0 Å². The average Bonchev–Trinajstić information content (AvgIpc) is 2.59. The van der Waals surface area contributed by atoms with Crippen molar-refractivity contribution in [1.82, 2.24) is 9.80 Å². The van der Waals surface area contributed by atoms with Crippen LogP contribution >= 0.6 is 0 Å². The number of amides is 2. The van der Waals surface area contributed by atoms with Gasteiger partial charge in [-0.2, -0.15) is 0 Å². The number of carbonyl (C=O) groups excluding carboxylic acids is 2. The van der Waals surface area contributed by atoms with Gasteiger partial charge in [0.05, 0.1) is 0 Å². The van der Waals surface area contributed by atoms with E-state index < -0.39 is 0 Å². The van der Waals surface area contributed by atoms with E-state index in [9.17, 15) is 9.59 Å². The summed E-state index contributed by atoms with van der Waals surface area (Å²) in [6.07, 6.45) is 14.6. The summed E-state index contributed by atoms with van der Waals surface area (Å²) in [6, 6.07) is 0. The highest BCUT2D eigenvalue weighted by Crippen LogP contribution is 2.11. The first-order chi connectivity index (χ1) is 11.7. The molecular weight excluding hydrogens is 300 g/mol. The number of piperazine rings is 1. The lowest BCUT2D eigenvalue weighted by Crippen LogP contribution is -2.54. The Labute approximate surface area is 149 Å². The standard InChI is InChI=1S/C20H38N2O2/c1-3-5-7-9-11-13-15-21-17-18-22(20(24)19(21)23)16-14-12-10-8-6-4-2/h3-18H2,1-2H3. The maximum Gasteiger partial charge on any atom is 0.312 e. The molecule has 1 fully saturated rings. The van der Waals surface area contributed by atoms with Crippen LogP contribution in [0.1, 0.15) is 90.9 Å². The highest BCUT2D eigenvalue weighted by Gasteiger charge is 2.31. The number of nitrogens with zero attached hydrogens (tertiary/aromatic N) is 2. The Morgan fingerprint density at radius 2 is 0.917 bits per heavy atom. The van der Waals surface area contributed by atoms with E-state index in [0.717, 1.165) is 39.0 Å². The first kappa shape index (κ1) is 21.0. The summed E-state index contributed by atoms with van der Waals surface area (Å²) in [5.41, 5.74) is 0. The van der Waals surface area contributed by atoms with Gasteiger partial charge < -0.3 is 9.80 Å². The van der Waals surface area contributed by atoms with E-state index in [1.165, 1.54) is 64.2 Å². The Hall–Kier alpha value is -1.06. The van der Waals surface area contributed by atoms with Gasteiger partial charge in [0.25, 0.3) is 0 Å². The van der Waals surface area contributed by atoms with Gasteiger partial charge in [0.1, 0.15) is 0 Å². The van der Waals surface area contributed by atoms with Crippen molar-refractivity contribution >= 4 is 11.8 Å². The lowest BCUT2D eigenvalue weighted by Gasteiger charge is -2.33. The fraction of sp³-hybridized carbons (Fsp3) is 0.900. The first-order valence-electron chi connectivity index (χ1n) is 10.3. The van der Waals surface area contributed by atoms with Gasteiger partial charge in [-0.1, -0.05) is 78.1 Å². The highest BCUT2D eigenvalue weighted by atomic mass is 16.2. The zero-order chi connectivity index (χ0) is 17.6. The van der Waals surface area contributed by atoms with Crippen molar-refractivity contribution in [1.29, 1.82) is 0 Å². The van der Waals surface area contributed by atoms with E-state index in [1.54, 1.807) is 9.80 Å². The van der Waals surface area contributed by atoms with Crippen LogP contribution in [-0.4, -0.2) is 47.8 Å². The Kier molecular flexibility index (Phi) is 11.6. The largest absolute Gasteiger partial charge is 0.333 e. The molecule has 0 N–H and O–H groups in total. The summed E-state index contributed by atoms with van der Waals surface area (Å²) >= 11 is 0. The van der Waals surface area contributed by atoms with Crippen molar-refractivity contribution in [2.75, 3.05) is 26.2 Å². The molecule has 4 heteroatoms. The molecule has 0 atom stereocenters. The number of rotatable bonds is 14. The molecular formula is C20H38N2O2. The van der Waals surface area contributed by atoms with Gasteiger partial charge in [-0.05, 0) is 12.8 Å². The molecule has 0 radical (unpaired) electrons. The predicted molar refractivity (Wildman–Crippen MR) is 99.9 cm³/mol. The molecule has 24 heavy (non-hydrogen) atoms. The average molecular weight is 339 g/mol. The quantitative estimate of drug-likeness (QED) is 0.348. The summed E-state index contributed by atoms with van der Waals surface area (Å²) in [6.45, 7) is 7.37. The molecule has 1 rings (SSSR count). The van der Waals surface area contributed by atoms with Crippen LogP contribution < -0.4 is 0 Å². The molecule has 0 aromatic heterocycles. The minimum atomic E-state index is -0.277. The fourth-order valence-electron chi connectivity index (χ4n) is 3.31. The van der Waals surface area contributed by atoms with Crippen LogP contribution in [0.5, 0.6) is 0 Å². The summed E-state index contributed by atoms with van der Waals surface area (Å²) in [7, 11) is 0. The molecule has 1 aliphatic rings. The molecule has 0 aliphatic carbocycles. The third-order valence-electron chi connectivity index (χ3n) is 4.96. The zero-order valence-corrected chi connectivity index (χ0v) is 16.0. The van der Waals surface area contributed by atoms with Crippen LogP contribution in [0, 0.1) is 0 Å². The topological polar surface area (TPSA) is 40.6 Å². The van der Waals surface area contributed by atoms with Gasteiger partial charge >= 0.3 is 11.8 Å². The molecule has 4 nitrogen and oxygen atoms in total. The maximum atomic E-state index is 12.2. The van der Waals surface area contributed by atoms with E-state index in [2.05, 4.69) is 13.8 Å². The molecule has 0 bridgehead atoms. The molecule has 0 unspecified atom stereocenters. The number of unbranched alkanes of at least 4 members (excludes halogenated alkanes) is 10. The molecule has 0 spiro atoms. The molecule has 1 heterocycles. The summed E-state index contributed by atoms with van der Waals surface area (Å²) in [5, 5.41) is 0. The van der Waals surface area contributed by atoms with Crippen molar-refractivity contribution in [2.24, 2.45) is 0 Å². The predicted octanol–water partition coefficient (Wildman–Crippen LogP) is 4.38. The second-order valence-corrected chi connectivity index (χ2v) is 7.12. The molecule has 0 aromatic rings. The fourth-order valence-corrected chi connectivity index (χ4v) is 3.31. The maximum absolute atomic E-state index is 12.2. The first-order valence-corrected chi connectivity index (χ1v) is 10.3.